The van der Waals surface area contributed by atoms with Crippen LogP contribution in [0.1, 0.15) is 34.6 Å². The first-order chi connectivity index (χ1) is 11.7. The standard InChI is InChI=1S/C17H29N3O4S.ClH/c1-6-20(7-2)25(22,23)15-11-13(9-10-14(15)24-8-3)19-17(21)16(18)12(4)5;/h9-12,16H,6-8,18H2,1-5H3,(H,19,21);1H. The molecule has 0 heterocycles. The Morgan fingerprint density at radius 2 is 1.81 bits per heavy atom. The van der Waals surface area contributed by atoms with E-state index in [0.29, 0.717) is 25.4 Å². The molecule has 3 N–H and O–H groups in total. The monoisotopic (exact) mass is 407 g/mol. The lowest BCUT2D eigenvalue weighted by Gasteiger charge is -2.21. The summed E-state index contributed by atoms with van der Waals surface area (Å²) in [5.74, 6) is -0.118. The number of halogens is 1. The third-order valence-electron chi connectivity index (χ3n) is 3.86. The van der Waals surface area contributed by atoms with Crippen molar-refractivity contribution >= 4 is 34.0 Å². The average molecular weight is 408 g/mol. The van der Waals surface area contributed by atoms with Gasteiger partial charge in [-0.1, -0.05) is 27.7 Å². The molecule has 9 heteroatoms. The van der Waals surface area contributed by atoms with Gasteiger partial charge in [0.15, 0.2) is 0 Å². The second kappa shape index (κ2) is 10.7. The molecule has 0 aliphatic rings. The van der Waals surface area contributed by atoms with Gasteiger partial charge in [0.1, 0.15) is 10.6 Å². The number of rotatable bonds is 9. The summed E-state index contributed by atoms with van der Waals surface area (Å²) >= 11 is 0. The van der Waals surface area contributed by atoms with Crippen molar-refractivity contribution in [2.45, 2.75) is 45.6 Å². The van der Waals surface area contributed by atoms with Crippen molar-refractivity contribution in [2.75, 3.05) is 25.0 Å². The smallest absolute Gasteiger partial charge is 0.246 e. The van der Waals surface area contributed by atoms with E-state index < -0.39 is 16.1 Å². The summed E-state index contributed by atoms with van der Waals surface area (Å²) in [6.07, 6.45) is 0. The molecule has 1 rings (SSSR count). The Kier molecular flexibility index (Phi) is 10.2. The van der Waals surface area contributed by atoms with E-state index in [-0.39, 0.29) is 34.9 Å². The van der Waals surface area contributed by atoms with Gasteiger partial charge in [-0.15, -0.1) is 12.4 Å². The Balaban J connectivity index is 0.00000625. The van der Waals surface area contributed by atoms with Crippen LogP contribution in [0.3, 0.4) is 0 Å². The lowest BCUT2D eigenvalue weighted by molar-refractivity contribution is -0.118. The number of hydrogen-bond acceptors (Lipinski definition) is 5. The van der Waals surface area contributed by atoms with Crippen LogP contribution >= 0.6 is 12.4 Å². The number of ether oxygens (including phenoxy) is 1. The van der Waals surface area contributed by atoms with Crippen LogP contribution in [0.5, 0.6) is 5.75 Å². The number of nitrogens with one attached hydrogen (secondary N) is 1. The molecule has 0 spiro atoms. The van der Waals surface area contributed by atoms with Crippen LogP contribution in [0, 0.1) is 5.92 Å². The zero-order valence-electron chi connectivity index (χ0n) is 16.0. The summed E-state index contributed by atoms with van der Waals surface area (Å²) in [4.78, 5) is 12.2. The first-order valence-electron chi connectivity index (χ1n) is 8.52. The molecule has 0 aliphatic heterocycles. The molecule has 0 radical (unpaired) electrons. The molecule has 0 saturated carbocycles. The third kappa shape index (κ3) is 5.84. The zero-order valence-corrected chi connectivity index (χ0v) is 17.6. The second-order valence-electron chi connectivity index (χ2n) is 5.94. The quantitative estimate of drug-likeness (QED) is 0.654. The number of carbonyl (C=O) groups excluding carboxylic acids is 1. The fourth-order valence-electron chi connectivity index (χ4n) is 2.29. The highest BCUT2D eigenvalue weighted by molar-refractivity contribution is 7.89. The maximum atomic E-state index is 12.9. The van der Waals surface area contributed by atoms with Gasteiger partial charge in [-0.05, 0) is 31.0 Å². The highest BCUT2D eigenvalue weighted by Gasteiger charge is 2.27. The van der Waals surface area contributed by atoms with Crippen molar-refractivity contribution in [3.05, 3.63) is 18.2 Å². The first kappa shape index (κ1) is 24.7. The maximum Gasteiger partial charge on any atom is 0.246 e. The molecule has 0 aromatic heterocycles. The molecule has 1 aromatic rings. The van der Waals surface area contributed by atoms with Gasteiger partial charge in [-0.25, -0.2) is 8.42 Å². The molecule has 1 aromatic carbocycles. The zero-order chi connectivity index (χ0) is 19.2. The highest BCUT2D eigenvalue weighted by Crippen LogP contribution is 2.30. The normalized spacial score (nSPS) is 12.6. The van der Waals surface area contributed by atoms with Crippen molar-refractivity contribution in [1.82, 2.24) is 4.31 Å². The fraction of sp³-hybridized carbons (Fsp3) is 0.588. The minimum Gasteiger partial charge on any atom is -0.492 e. The van der Waals surface area contributed by atoms with E-state index in [2.05, 4.69) is 5.32 Å². The SMILES string of the molecule is CCOc1ccc(NC(=O)C(N)C(C)C)cc1S(=O)(=O)N(CC)CC.Cl. The molecule has 0 fully saturated rings. The van der Waals surface area contributed by atoms with Crippen molar-refractivity contribution in [3.63, 3.8) is 0 Å². The Hall–Kier alpha value is -1.35. The second-order valence-corrected chi connectivity index (χ2v) is 7.85. The van der Waals surface area contributed by atoms with Gasteiger partial charge in [0, 0.05) is 18.8 Å². The van der Waals surface area contributed by atoms with E-state index >= 15 is 0 Å². The Bertz CT molecular complexity index is 691. The van der Waals surface area contributed by atoms with Crippen LogP contribution in [0.15, 0.2) is 23.1 Å². The van der Waals surface area contributed by atoms with Crippen LogP contribution < -0.4 is 15.8 Å². The topological polar surface area (TPSA) is 102 Å². The van der Waals surface area contributed by atoms with Gasteiger partial charge in [-0.3, -0.25) is 4.79 Å². The van der Waals surface area contributed by atoms with Gasteiger partial charge in [0.25, 0.3) is 0 Å². The molecule has 0 bridgehead atoms. The molecular weight excluding hydrogens is 378 g/mol. The summed E-state index contributed by atoms with van der Waals surface area (Å²) < 4.78 is 32.6. The minimum absolute atomic E-state index is 0. The van der Waals surface area contributed by atoms with E-state index in [9.17, 15) is 13.2 Å². The lowest BCUT2D eigenvalue weighted by atomic mass is 10.0. The van der Waals surface area contributed by atoms with Crippen LogP contribution in [0.25, 0.3) is 0 Å². The van der Waals surface area contributed by atoms with Crippen molar-refractivity contribution in [3.8, 4) is 5.75 Å². The van der Waals surface area contributed by atoms with Crippen LogP contribution in [0.2, 0.25) is 0 Å². The Morgan fingerprint density at radius 1 is 1.23 bits per heavy atom. The Morgan fingerprint density at radius 3 is 2.27 bits per heavy atom. The van der Waals surface area contributed by atoms with Crippen LogP contribution in [0.4, 0.5) is 5.69 Å². The summed E-state index contributed by atoms with van der Waals surface area (Å²) in [5, 5.41) is 2.68. The molecule has 26 heavy (non-hydrogen) atoms. The van der Waals surface area contributed by atoms with Gasteiger partial charge in [0.2, 0.25) is 15.9 Å². The summed E-state index contributed by atoms with van der Waals surface area (Å²) in [7, 11) is -3.72. The number of nitrogens with two attached hydrogens (primary N) is 1. The predicted octanol–water partition coefficient (Wildman–Crippen LogP) is 2.46. The minimum atomic E-state index is -3.72. The first-order valence-corrected chi connectivity index (χ1v) is 9.96. The molecule has 1 amide bonds. The molecule has 1 atom stereocenters. The number of nitrogens with zero attached hydrogens (tertiary/aromatic N) is 1. The number of amides is 1. The molecule has 150 valence electrons. The number of benzene rings is 1. The van der Waals surface area contributed by atoms with E-state index in [1.807, 2.05) is 13.8 Å². The molecular formula is C17H30ClN3O4S. The molecule has 1 unspecified atom stereocenters. The lowest BCUT2D eigenvalue weighted by Crippen LogP contribution is -2.39. The van der Waals surface area contributed by atoms with Crippen molar-refractivity contribution in [1.29, 1.82) is 0 Å². The average Bonchev–Trinajstić information content (AvgIpc) is 2.56. The van der Waals surface area contributed by atoms with Crippen molar-refractivity contribution in [2.24, 2.45) is 11.7 Å². The molecule has 7 nitrogen and oxygen atoms in total. The summed E-state index contributed by atoms with van der Waals surface area (Å²) in [6.45, 7) is 10.1. The summed E-state index contributed by atoms with van der Waals surface area (Å²) in [5.41, 5.74) is 6.21. The molecule has 0 saturated heterocycles. The largest absolute Gasteiger partial charge is 0.492 e. The Labute approximate surface area is 162 Å². The number of carbonyl (C=O) groups is 1. The van der Waals surface area contributed by atoms with Crippen LogP contribution in [-0.4, -0.2) is 44.4 Å². The van der Waals surface area contributed by atoms with Gasteiger partial charge < -0.3 is 15.8 Å². The number of hydrogen-bond donors (Lipinski definition) is 2. The fourth-order valence-corrected chi connectivity index (χ4v) is 3.91. The number of anilines is 1. The van der Waals surface area contributed by atoms with E-state index in [1.165, 1.54) is 10.4 Å². The van der Waals surface area contributed by atoms with E-state index in [1.54, 1.807) is 32.9 Å². The van der Waals surface area contributed by atoms with E-state index in [4.69, 9.17) is 10.5 Å². The van der Waals surface area contributed by atoms with E-state index in [0.717, 1.165) is 0 Å². The highest BCUT2D eigenvalue weighted by atomic mass is 35.5. The maximum absolute atomic E-state index is 12.9. The van der Waals surface area contributed by atoms with Crippen LogP contribution in [-0.2, 0) is 14.8 Å². The summed E-state index contributed by atoms with van der Waals surface area (Å²) in [6, 6.07) is 3.91. The number of sulfonamides is 1. The molecule has 0 aliphatic carbocycles. The predicted molar refractivity (Wildman–Crippen MR) is 106 cm³/mol. The van der Waals surface area contributed by atoms with Gasteiger partial charge >= 0.3 is 0 Å². The van der Waals surface area contributed by atoms with Gasteiger partial charge in [-0.2, -0.15) is 4.31 Å². The third-order valence-corrected chi connectivity index (χ3v) is 5.93. The van der Waals surface area contributed by atoms with Gasteiger partial charge in [0.05, 0.1) is 12.6 Å². The van der Waals surface area contributed by atoms with Crippen molar-refractivity contribution < 1.29 is 17.9 Å².